The molecule has 0 saturated heterocycles. The van der Waals surface area contributed by atoms with Gasteiger partial charge in [-0.1, -0.05) is 28.9 Å². The van der Waals surface area contributed by atoms with Gasteiger partial charge in [-0.05, 0) is 41.4 Å². The number of rotatable bonds is 3. The molecule has 0 fully saturated rings. The summed E-state index contributed by atoms with van der Waals surface area (Å²) in [5, 5.41) is 1.06. The molecule has 1 heterocycles. The second kappa shape index (κ2) is 5.36. The molecule has 1 aromatic carbocycles. The molecule has 90 valence electrons. The van der Waals surface area contributed by atoms with Crippen molar-refractivity contribution in [1.82, 2.24) is 4.98 Å². The van der Waals surface area contributed by atoms with E-state index in [4.69, 9.17) is 4.74 Å². The molecule has 0 spiro atoms. The zero-order valence-corrected chi connectivity index (χ0v) is 12.9. The number of fused-ring (bicyclic) bond motifs is 1. The lowest BCUT2D eigenvalue weighted by molar-refractivity contribution is 0.218. The van der Waals surface area contributed by atoms with Crippen LogP contribution in [-0.4, -0.2) is 11.1 Å². The van der Waals surface area contributed by atoms with Crippen LogP contribution in [0.2, 0.25) is 0 Å². The normalized spacial score (nSPS) is 12.7. The molecule has 0 aliphatic rings. The van der Waals surface area contributed by atoms with Gasteiger partial charge < -0.3 is 4.74 Å². The highest BCUT2D eigenvalue weighted by Crippen LogP contribution is 2.37. The van der Waals surface area contributed by atoms with E-state index in [1.165, 1.54) is 0 Å². The summed E-state index contributed by atoms with van der Waals surface area (Å²) in [5.41, 5.74) is 0.883. The lowest BCUT2D eigenvalue weighted by atomic mass is 10.2. The Kier molecular flexibility index (Phi) is 4.05. The van der Waals surface area contributed by atoms with Crippen molar-refractivity contribution in [3.8, 4) is 5.75 Å². The molecule has 0 saturated carbocycles. The Morgan fingerprint density at radius 2 is 2.12 bits per heavy atom. The van der Waals surface area contributed by atoms with Crippen molar-refractivity contribution < 1.29 is 4.74 Å². The highest BCUT2D eigenvalue weighted by atomic mass is 79.9. The van der Waals surface area contributed by atoms with Crippen molar-refractivity contribution in [3.05, 3.63) is 33.3 Å². The van der Waals surface area contributed by atoms with Crippen molar-refractivity contribution in [3.63, 3.8) is 0 Å². The summed E-state index contributed by atoms with van der Waals surface area (Å²) >= 11 is 7.07. The molecule has 4 heteroatoms. The van der Waals surface area contributed by atoms with Gasteiger partial charge in [-0.15, -0.1) is 0 Å². The van der Waals surface area contributed by atoms with Crippen LogP contribution in [0.4, 0.5) is 0 Å². The van der Waals surface area contributed by atoms with Crippen molar-refractivity contribution in [1.29, 1.82) is 0 Å². The van der Waals surface area contributed by atoms with Gasteiger partial charge in [0.05, 0.1) is 10.6 Å². The fourth-order valence-corrected chi connectivity index (χ4v) is 2.91. The van der Waals surface area contributed by atoms with Gasteiger partial charge in [-0.3, -0.25) is 4.98 Å². The van der Waals surface area contributed by atoms with Crippen molar-refractivity contribution >= 4 is 42.8 Å². The molecule has 1 atom stereocenters. The molecule has 0 N–H and O–H groups in total. The van der Waals surface area contributed by atoms with E-state index in [1.54, 1.807) is 6.20 Å². The standard InChI is InChI=1S/C13H13Br2NO/c1-3-8(2)17-13-11(15)7-10(14)9-5-4-6-16-12(9)13/h4-8H,3H2,1-2H3. The van der Waals surface area contributed by atoms with Crippen LogP contribution in [0, 0.1) is 0 Å². The highest BCUT2D eigenvalue weighted by Gasteiger charge is 2.13. The molecule has 0 aliphatic heterocycles. The predicted molar refractivity (Wildman–Crippen MR) is 77.5 cm³/mol. The minimum absolute atomic E-state index is 0.178. The molecule has 0 amide bonds. The average Bonchev–Trinajstić information content (AvgIpc) is 2.34. The van der Waals surface area contributed by atoms with Crippen LogP contribution in [-0.2, 0) is 0 Å². The van der Waals surface area contributed by atoms with Gasteiger partial charge in [-0.2, -0.15) is 0 Å². The monoisotopic (exact) mass is 357 g/mol. The topological polar surface area (TPSA) is 22.1 Å². The first-order valence-electron chi connectivity index (χ1n) is 5.52. The molecule has 2 rings (SSSR count). The first-order valence-corrected chi connectivity index (χ1v) is 7.11. The third-order valence-corrected chi connectivity index (χ3v) is 3.89. The summed E-state index contributed by atoms with van der Waals surface area (Å²) < 4.78 is 7.88. The summed E-state index contributed by atoms with van der Waals surface area (Å²) in [6, 6.07) is 5.96. The van der Waals surface area contributed by atoms with E-state index in [0.29, 0.717) is 0 Å². The van der Waals surface area contributed by atoms with E-state index in [-0.39, 0.29) is 6.10 Å². The SMILES string of the molecule is CCC(C)Oc1c(Br)cc(Br)c2cccnc12. The van der Waals surface area contributed by atoms with E-state index in [9.17, 15) is 0 Å². The van der Waals surface area contributed by atoms with Gasteiger partial charge in [0.25, 0.3) is 0 Å². The number of aromatic nitrogens is 1. The van der Waals surface area contributed by atoms with Crippen LogP contribution in [0.25, 0.3) is 10.9 Å². The van der Waals surface area contributed by atoms with E-state index in [1.807, 2.05) is 18.2 Å². The molecular formula is C13H13Br2NO. The van der Waals surface area contributed by atoms with E-state index in [0.717, 1.165) is 32.0 Å². The number of benzene rings is 1. The summed E-state index contributed by atoms with van der Waals surface area (Å²) in [6.07, 6.45) is 2.93. The number of hydrogen-bond donors (Lipinski definition) is 0. The maximum Gasteiger partial charge on any atom is 0.160 e. The Morgan fingerprint density at radius 3 is 2.82 bits per heavy atom. The van der Waals surface area contributed by atoms with Gasteiger partial charge >= 0.3 is 0 Å². The Morgan fingerprint density at radius 1 is 1.35 bits per heavy atom. The minimum Gasteiger partial charge on any atom is -0.487 e. The van der Waals surface area contributed by atoms with Crippen molar-refractivity contribution in [2.45, 2.75) is 26.4 Å². The van der Waals surface area contributed by atoms with Crippen LogP contribution >= 0.6 is 31.9 Å². The molecular weight excluding hydrogens is 346 g/mol. The molecule has 1 unspecified atom stereocenters. The summed E-state index contributed by atoms with van der Waals surface area (Å²) in [7, 11) is 0. The quantitative estimate of drug-likeness (QED) is 0.775. The summed E-state index contributed by atoms with van der Waals surface area (Å²) in [5.74, 6) is 0.818. The fraction of sp³-hybridized carbons (Fsp3) is 0.308. The third-order valence-electron chi connectivity index (χ3n) is 2.64. The van der Waals surface area contributed by atoms with E-state index < -0.39 is 0 Å². The number of ether oxygens (including phenoxy) is 1. The summed E-state index contributed by atoms with van der Waals surface area (Å²) in [4.78, 5) is 4.41. The first-order chi connectivity index (χ1) is 8.13. The number of nitrogens with zero attached hydrogens (tertiary/aromatic N) is 1. The summed E-state index contributed by atoms with van der Waals surface area (Å²) in [6.45, 7) is 4.16. The zero-order chi connectivity index (χ0) is 12.4. The number of hydrogen-bond acceptors (Lipinski definition) is 2. The molecule has 2 nitrogen and oxygen atoms in total. The van der Waals surface area contributed by atoms with Crippen molar-refractivity contribution in [2.24, 2.45) is 0 Å². The Bertz CT molecular complexity index is 542. The van der Waals surface area contributed by atoms with Gasteiger partial charge in [0.1, 0.15) is 5.52 Å². The fourth-order valence-electron chi connectivity index (χ4n) is 1.54. The second-order valence-electron chi connectivity index (χ2n) is 3.91. The van der Waals surface area contributed by atoms with E-state index >= 15 is 0 Å². The van der Waals surface area contributed by atoms with Crippen LogP contribution in [0.3, 0.4) is 0 Å². The maximum absolute atomic E-state index is 5.93. The maximum atomic E-state index is 5.93. The lowest BCUT2D eigenvalue weighted by Crippen LogP contribution is -2.10. The second-order valence-corrected chi connectivity index (χ2v) is 5.61. The van der Waals surface area contributed by atoms with Gasteiger partial charge in [0.15, 0.2) is 5.75 Å². The highest BCUT2D eigenvalue weighted by molar-refractivity contribution is 9.11. The largest absolute Gasteiger partial charge is 0.487 e. The number of pyridine rings is 1. The van der Waals surface area contributed by atoms with Crippen LogP contribution in [0.15, 0.2) is 33.3 Å². The van der Waals surface area contributed by atoms with Gasteiger partial charge in [0.2, 0.25) is 0 Å². The zero-order valence-electron chi connectivity index (χ0n) is 9.71. The Balaban J connectivity index is 2.61. The molecule has 2 aromatic rings. The number of halogens is 2. The Hall–Kier alpha value is -0.610. The van der Waals surface area contributed by atoms with Crippen LogP contribution < -0.4 is 4.74 Å². The molecule has 0 aliphatic carbocycles. The average molecular weight is 359 g/mol. The van der Waals surface area contributed by atoms with Gasteiger partial charge in [0, 0.05) is 16.1 Å². The minimum atomic E-state index is 0.178. The molecule has 1 aromatic heterocycles. The Labute approximate surface area is 118 Å². The van der Waals surface area contributed by atoms with E-state index in [2.05, 4.69) is 50.7 Å². The lowest BCUT2D eigenvalue weighted by Gasteiger charge is -2.16. The van der Waals surface area contributed by atoms with Gasteiger partial charge in [-0.25, -0.2) is 0 Å². The smallest absolute Gasteiger partial charge is 0.160 e. The molecule has 0 bridgehead atoms. The van der Waals surface area contributed by atoms with Crippen LogP contribution in [0.1, 0.15) is 20.3 Å². The van der Waals surface area contributed by atoms with Crippen molar-refractivity contribution in [2.75, 3.05) is 0 Å². The third kappa shape index (κ3) is 2.63. The predicted octanol–water partition coefficient (Wildman–Crippen LogP) is 4.94. The molecule has 0 radical (unpaired) electrons. The molecule has 17 heavy (non-hydrogen) atoms. The van der Waals surface area contributed by atoms with Crippen LogP contribution in [0.5, 0.6) is 5.75 Å². The first kappa shape index (κ1) is 12.8.